The molecule has 0 fully saturated rings. The first kappa shape index (κ1) is 21.1. The molecule has 29 heavy (non-hydrogen) atoms. The Bertz CT molecular complexity index is 1100. The van der Waals surface area contributed by atoms with Crippen LogP contribution in [0.5, 0.6) is 0 Å². The Morgan fingerprint density at radius 2 is 1.83 bits per heavy atom. The van der Waals surface area contributed by atoms with Crippen molar-refractivity contribution in [3.05, 3.63) is 69.5 Å². The highest BCUT2D eigenvalue weighted by molar-refractivity contribution is 5.73. The lowest BCUT2D eigenvalue weighted by Crippen LogP contribution is -2.50. The van der Waals surface area contributed by atoms with Crippen molar-refractivity contribution in [2.24, 2.45) is 0 Å². The molecule has 0 saturated heterocycles. The van der Waals surface area contributed by atoms with E-state index in [0.29, 0.717) is 11.1 Å². The zero-order valence-corrected chi connectivity index (χ0v) is 16.2. The van der Waals surface area contributed by atoms with E-state index in [4.69, 9.17) is 4.42 Å². The molecule has 156 valence electrons. The minimum absolute atomic E-state index is 0.0391. The van der Waals surface area contributed by atoms with Crippen molar-refractivity contribution in [2.45, 2.75) is 50.8 Å². The summed E-state index contributed by atoms with van der Waals surface area (Å²) in [6.07, 6.45) is -5.26. The fourth-order valence-corrected chi connectivity index (χ4v) is 3.80. The minimum atomic E-state index is -4.98. The summed E-state index contributed by atoms with van der Waals surface area (Å²) < 4.78 is 60.8. The normalized spacial score (nSPS) is 14.9. The van der Waals surface area contributed by atoms with Crippen LogP contribution in [0.15, 0.2) is 45.7 Å². The number of nitrogens with one attached hydrogen (secondary N) is 1. The van der Waals surface area contributed by atoms with Crippen LogP contribution in [-0.2, 0) is 11.8 Å². The second-order valence-corrected chi connectivity index (χ2v) is 8.02. The van der Waals surface area contributed by atoms with E-state index < -0.39 is 41.3 Å². The van der Waals surface area contributed by atoms with E-state index in [0.717, 1.165) is 0 Å². The molecule has 0 aliphatic heterocycles. The van der Waals surface area contributed by atoms with Crippen LogP contribution in [0.1, 0.15) is 37.2 Å². The lowest BCUT2D eigenvalue weighted by molar-refractivity contribution is -0.267. The first-order valence-electron chi connectivity index (χ1n) is 8.98. The molecule has 4 nitrogen and oxygen atoms in total. The number of hydrogen-bond donors (Lipinski definition) is 2. The Kier molecular flexibility index (Phi) is 5.11. The van der Waals surface area contributed by atoms with Gasteiger partial charge in [-0.15, -0.1) is 0 Å². The number of alkyl halides is 3. The van der Waals surface area contributed by atoms with Crippen LogP contribution < -0.4 is 5.43 Å². The Morgan fingerprint density at radius 3 is 2.45 bits per heavy atom. The molecule has 1 atom stereocenters. The molecule has 2 heterocycles. The first-order valence-corrected chi connectivity index (χ1v) is 8.98. The van der Waals surface area contributed by atoms with Gasteiger partial charge in [-0.25, -0.2) is 4.39 Å². The van der Waals surface area contributed by atoms with E-state index in [1.165, 1.54) is 50.4 Å². The summed E-state index contributed by atoms with van der Waals surface area (Å²) in [7, 11) is 0. The summed E-state index contributed by atoms with van der Waals surface area (Å²) in [6.45, 7) is 4.72. The third-order valence-electron chi connectivity index (χ3n) is 5.16. The number of H-pyrrole nitrogens is 1. The lowest BCUT2D eigenvalue weighted by atomic mass is 9.72. The fourth-order valence-electron chi connectivity index (χ4n) is 3.80. The van der Waals surface area contributed by atoms with Gasteiger partial charge in [0.05, 0.1) is 5.39 Å². The second kappa shape index (κ2) is 7.02. The maximum Gasteiger partial charge on any atom is 0.417 e. The molecule has 0 aliphatic carbocycles. The largest absolute Gasteiger partial charge is 0.444 e. The third-order valence-corrected chi connectivity index (χ3v) is 5.16. The van der Waals surface area contributed by atoms with Crippen LogP contribution in [0, 0.1) is 12.7 Å². The van der Waals surface area contributed by atoms with Crippen molar-refractivity contribution in [3.8, 4) is 0 Å². The van der Waals surface area contributed by atoms with Crippen molar-refractivity contribution in [1.29, 1.82) is 0 Å². The number of hydrogen-bond acceptors (Lipinski definition) is 3. The van der Waals surface area contributed by atoms with Crippen LogP contribution >= 0.6 is 0 Å². The van der Waals surface area contributed by atoms with Gasteiger partial charge in [0.1, 0.15) is 11.6 Å². The van der Waals surface area contributed by atoms with Gasteiger partial charge >= 0.3 is 6.18 Å². The van der Waals surface area contributed by atoms with Crippen molar-refractivity contribution >= 4 is 11.1 Å². The predicted molar refractivity (Wildman–Crippen MR) is 100 cm³/mol. The Balaban J connectivity index is 2.01. The highest BCUT2D eigenvalue weighted by Gasteiger charge is 2.56. The molecule has 2 N–H and O–H groups in total. The third kappa shape index (κ3) is 4.07. The molecular formula is C21H21F4NO3. The molecule has 0 radical (unpaired) electrons. The van der Waals surface area contributed by atoms with E-state index in [1.807, 2.05) is 0 Å². The van der Waals surface area contributed by atoms with Crippen molar-refractivity contribution < 1.29 is 27.1 Å². The van der Waals surface area contributed by atoms with E-state index in [2.05, 4.69) is 4.98 Å². The van der Waals surface area contributed by atoms with E-state index in [1.54, 1.807) is 6.92 Å². The molecule has 8 heteroatoms. The summed E-state index contributed by atoms with van der Waals surface area (Å²) in [6, 6.07) is 6.34. The zero-order valence-electron chi connectivity index (χ0n) is 16.2. The molecular weight excluding hydrogens is 390 g/mol. The smallest absolute Gasteiger partial charge is 0.417 e. The summed E-state index contributed by atoms with van der Waals surface area (Å²) >= 11 is 0. The van der Waals surface area contributed by atoms with Gasteiger partial charge in [-0.1, -0.05) is 19.9 Å². The molecule has 3 aromatic rings. The van der Waals surface area contributed by atoms with Gasteiger partial charge in [0, 0.05) is 18.7 Å². The molecule has 0 spiro atoms. The quantitative estimate of drug-likeness (QED) is 0.595. The summed E-state index contributed by atoms with van der Waals surface area (Å²) in [5, 5.41) is 10.8. The van der Waals surface area contributed by atoms with Gasteiger partial charge in [0.2, 0.25) is 5.71 Å². The average Bonchev–Trinajstić information content (AvgIpc) is 2.99. The molecule has 3 rings (SSSR count). The fraction of sp³-hybridized carbons (Fsp3) is 0.381. The zero-order chi connectivity index (χ0) is 21.6. The molecule has 0 saturated carbocycles. The number of benzene rings is 1. The number of aliphatic hydroxyl groups is 1. The van der Waals surface area contributed by atoms with E-state index >= 15 is 0 Å². The monoisotopic (exact) mass is 411 g/mol. The van der Waals surface area contributed by atoms with Crippen LogP contribution in [0.4, 0.5) is 17.6 Å². The predicted octanol–water partition coefficient (Wildman–Crippen LogP) is 4.77. The van der Waals surface area contributed by atoms with E-state index in [-0.39, 0.29) is 16.9 Å². The maximum atomic E-state index is 13.9. The number of aromatic nitrogens is 1. The molecule has 0 aliphatic rings. The highest BCUT2D eigenvalue weighted by atomic mass is 19.4. The van der Waals surface area contributed by atoms with Gasteiger partial charge in [0.25, 0.3) is 0 Å². The van der Waals surface area contributed by atoms with Crippen LogP contribution in [0.25, 0.3) is 11.1 Å². The average molecular weight is 411 g/mol. The second-order valence-electron chi connectivity index (χ2n) is 8.02. The topological polar surface area (TPSA) is 66.2 Å². The molecule has 1 aromatic carbocycles. The Hall–Kier alpha value is -2.61. The van der Waals surface area contributed by atoms with Crippen LogP contribution in [0.2, 0.25) is 0 Å². The Morgan fingerprint density at radius 1 is 1.14 bits per heavy atom. The molecule has 0 amide bonds. The number of pyridine rings is 1. The number of halogens is 4. The molecule has 1 unspecified atom stereocenters. The van der Waals surface area contributed by atoms with Crippen molar-refractivity contribution in [1.82, 2.24) is 4.98 Å². The molecule has 2 aromatic heterocycles. The SMILES string of the molecule is Cc1ccc(F)cc1C(C)(C)CC(O)(Cc1cc2c(=O)cc[nH]c2o1)C(F)(F)F. The van der Waals surface area contributed by atoms with E-state index in [9.17, 15) is 27.5 Å². The number of rotatable bonds is 5. The van der Waals surface area contributed by atoms with Gasteiger partial charge in [-0.3, -0.25) is 4.79 Å². The number of furan rings is 1. The maximum absolute atomic E-state index is 13.9. The number of aromatic amines is 1. The van der Waals surface area contributed by atoms with Gasteiger partial charge in [-0.2, -0.15) is 13.2 Å². The summed E-state index contributed by atoms with van der Waals surface area (Å²) in [5.74, 6) is -0.740. The highest BCUT2D eigenvalue weighted by Crippen LogP contribution is 2.44. The standard InChI is InChI=1S/C21H21F4NO3/c1-12-4-5-13(22)8-16(12)19(2,3)11-20(28,21(23,24)25)10-14-9-15-17(27)6-7-26-18(15)29-14/h4-9,28H,10-11H2,1-3H3,(H,26,27). The van der Waals surface area contributed by atoms with Crippen molar-refractivity contribution in [2.75, 3.05) is 0 Å². The minimum Gasteiger partial charge on any atom is -0.444 e. The van der Waals surface area contributed by atoms with Crippen molar-refractivity contribution in [3.63, 3.8) is 0 Å². The molecule has 0 bridgehead atoms. The summed E-state index contributed by atoms with van der Waals surface area (Å²) in [4.78, 5) is 14.5. The summed E-state index contributed by atoms with van der Waals surface area (Å²) in [5.41, 5.74) is -3.71. The first-order chi connectivity index (χ1) is 13.3. The number of aryl methyl sites for hydroxylation is 1. The van der Waals surface area contributed by atoms with Crippen LogP contribution in [-0.4, -0.2) is 21.9 Å². The Labute approximate surface area is 164 Å². The van der Waals surface area contributed by atoms with Crippen LogP contribution in [0.3, 0.4) is 0 Å². The van der Waals surface area contributed by atoms with Gasteiger partial charge < -0.3 is 14.5 Å². The van der Waals surface area contributed by atoms with Gasteiger partial charge in [-0.05, 0) is 48.1 Å². The van der Waals surface area contributed by atoms with Gasteiger partial charge in [0.15, 0.2) is 11.0 Å². The lowest BCUT2D eigenvalue weighted by Gasteiger charge is -2.38. The number of fused-ring (bicyclic) bond motifs is 1.